The Morgan fingerprint density at radius 1 is 0.321 bits per heavy atom. The summed E-state index contributed by atoms with van der Waals surface area (Å²) < 4.78 is 0. The van der Waals surface area contributed by atoms with E-state index in [0.717, 1.165) is 17.1 Å². The molecule has 0 radical (unpaired) electrons. The van der Waals surface area contributed by atoms with Crippen molar-refractivity contribution in [2.24, 2.45) is 0 Å². The average molecular weight is 716 g/mol. The summed E-state index contributed by atoms with van der Waals surface area (Å²) in [5, 5.41) is 2.45. The third-order valence-corrected chi connectivity index (χ3v) is 11.7. The molecule has 1 aliphatic carbocycles. The van der Waals surface area contributed by atoms with Crippen LogP contribution in [-0.4, -0.2) is 0 Å². The maximum Gasteiger partial charge on any atom is 0.0540 e. The molecule has 0 fully saturated rings. The molecule has 1 aliphatic rings. The Morgan fingerprint density at radius 2 is 0.804 bits per heavy atom. The van der Waals surface area contributed by atoms with Crippen molar-refractivity contribution in [2.45, 2.75) is 19.3 Å². The second-order valence-corrected chi connectivity index (χ2v) is 15.3. The molecule has 9 aromatic carbocycles. The Labute approximate surface area is 329 Å². The lowest BCUT2D eigenvalue weighted by Gasteiger charge is -2.27. The molecular weight excluding hydrogens is 675 g/mol. The molecule has 10 rings (SSSR count). The van der Waals surface area contributed by atoms with Crippen molar-refractivity contribution < 1.29 is 0 Å². The lowest BCUT2D eigenvalue weighted by Crippen LogP contribution is -2.15. The van der Waals surface area contributed by atoms with Gasteiger partial charge in [-0.25, -0.2) is 0 Å². The Hall–Kier alpha value is -6.96. The molecule has 1 heteroatoms. The SMILES string of the molecule is CC1(C)c2cc(-c3ccc(N(c4ccccc4)c4cccc5c(-c6ccccc6)cccc45)cc3)c(-c3ccccc3)cc2-c2c(-c3ccccc3)cccc21. The molecule has 1 nitrogen and oxygen atoms in total. The zero-order chi connectivity index (χ0) is 37.6. The predicted octanol–water partition coefficient (Wildman–Crippen LogP) is 15.3. The fourth-order valence-corrected chi connectivity index (χ4v) is 8.94. The van der Waals surface area contributed by atoms with E-state index in [1.54, 1.807) is 0 Å². The summed E-state index contributed by atoms with van der Waals surface area (Å²) in [6.45, 7) is 4.76. The largest absolute Gasteiger partial charge is 0.310 e. The van der Waals surface area contributed by atoms with E-state index in [1.807, 2.05) is 0 Å². The summed E-state index contributed by atoms with van der Waals surface area (Å²) in [5.74, 6) is 0. The van der Waals surface area contributed by atoms with Gasteiger partial charge in [-0.1, -0.05) is 184 Å². The van der Waals surface area contributed by atoms with Crippen LogP contribution in [0.5, 0.6) is 0 Å². The minimum Gasteiger partial charge on any atom is -0.310 e. The molecular formula is C55H41N. The first-order valence-electron chi connectivity index (χ1n) is 19.5. The number of rotatable bonds is 7. The molecule has 9 aromatic rings. The molecule has 0 amide bonds. The van der Waals surface area contributed by atoms with Gasteiger partial charge < -0.3 is 4.90 Å². The van der Waals surface area contributed by atoms with Crippen LogP contribution in [-0.2, 0) is 5.41 Å². The van der Waals surface area contributed by atoms with Crippen LogP contribution < -0.4 is 4.90 Å². The van der Waals surface area contributed by atoms with Gasteiger partial charge >= 0.3 is 0 Å². The van der Waals surface area contributed by atoms with Gasteiger partial charge in [0.05, 0.1) is 5.69 Å². The summed E-state index contributed by atoms with van der Waals surface area (Å²) in [4.78, 5) is 2.40. The Kier molecular flexibility index (Phi) is 8.23. The third-order valence-electron chi connectivity index (χ3n) is 11.7. The normalized spacial score (nSPS) is 12.6. The summed E-state index contributed by atoms with van der Waals surface area (Å²) in [6.07, 6.45) is 0. The van der Waals surface area contributed by atoms with Crippen LogP contribution in [0, 0.1) is 0 Å². The minimum absolute atomic E-state index is 0.156. The predicted molar refractivity (Wildman–Crippen MR) is 238 cm³/mol. The van der Waals surface area contributed by atoms with E-state index < -0.39 is 0 Å². The Morgan fingerprint density at radius 3 is 1.46 bits per heavy atom. The number of anilines is 3. The highest BCUT2D eigenvalue weighted by molar-refractivity contribution is 6.06. The van der Waals surface area contributed by atoms with Crippen LogP contribution in [0.1, 0.15) is 25.0 Å². The van der Waals surface area contributed by atoms with Crippen LogP contribution in [0.3, 0.4) is 0 Å². The Bertz CT molecular complexity index is 2840. The molecule has 0 saturated carbocycles. The molecule has 266 valence electrons. The van der Waals surface area contributed by atoms with Gasteiger partial charge in [0.2, 0.25) is 0 Å². The molecule has 0 bridgehead atoms. The van der Waals surface area contributed by atoms with Gasteiger partial charge in [-0.15, -0.1) is 0 Å². The molecule has 56 heavy (non-hydrogen) atoms. The highest BCUT2D eigenvalue weighted by atomic mass is 15.1. The second kappa shape index (κ2) is 13.7. The van der Waals surface area contributed by atoms with Crippen LogP contribution in [0.2, 0.25) is 0 Å². The molecule has 0 saturated heterocycles. The fourth-order valence-electron chi connectivity index (χ4n) is 8.94. The van der Waals surface area contributed by atoms with E-state index in [-0.39, 0.29) is 5.41 Å². The maximum absolute atomic E-state index is 2.48. The monoisotopic (exact) mass is 715 g/mol. The lowest BCUT2D eigenvalue weighted by atomic mass is 9.80. The van der Waals surface area contributed by atoms with E-state index in [0.29, 0.717) is 0 Å². The van der Waals surface area contributed by atoms with E-state index in [9.17, 15) is 0 Å². The van der Waals surface area contributed by atoms with Crippen LogP contribution >= 0.6 is 0 Å². The summed E-state index contributed by atoms with van der Waals surface area (Å²) in [5.41, 5.74) is 18.5. The first-order valence-corrected chi connectivity index (χ1v) is 19.5. The van der Waals surface area contributed by atoms with Gasteiger partial charge in [0.25, 0.3) is 0 Å². The quantitative estimate of drug-likeness (QED) is 0.159. The number of hydrogen-bond acceptors (Lipinski definition) is 1. The number of fused-ring (bicyclic) bond motifs is 4. The van der Waals surface area contributed by atoms with Crippen molar-refractivity contribution >= 4 is 27.8 Å². The summed E-state index contributed by atoms with van der Waals surface area (Å²) in [7, 11) is 0. The van der Waals surface area contributed by atoms with Gasteiger partial charge in [-0.3, -0.25) is 0 Å². The highest BCUT2D eigenvalue weighted by Crippen LogP contribution is 2.55. The van der Waals surface area contributed by atoms with Gasteiger partial charge in [0.15, 0.2) is 0 Å². The highest BCUT2D eigenvalue weighted by Gasteiger charge is 2.38. The minimum atomic E-state index is -0.156. The molecule has 0 N–H and O–H groups in total. The van der Waals surface area contributed by atoms with Crippen LogP contribution in [0.25, 0.3) is 66.4 Å². The Balaban J connectivity index is 1.13. The van der Waals surface area contributed by atoms with Crippen LogP contribution in [0.4, 0.5) is 17.1 Å². The number of hydrogen-bond donors (Lipinski definition) is 0. The first kappa shape index (κ1) is 33.6. The van der Waals surface area contributed by atoms with Gasteiger partial charge in [0, 0.05) is 22.2 Å². The first-order chi connectivity index (χ1) is 27.6. The summed E-state index contributed by atoms with van der Waals surface area (Å²) in [6, 6.07) is 77.4. The molecule has 0 heterocycles. The second-order valence-electron chi connectivity index (χ2n) is 15.3. The van der Waals surface area contributed by atoms with Crippen molar-refractivity contribution in [1.82, 2.24) is 0 Å². The van der Waals surface area contributed by atoms with Crippen molar-refractivity contribution in [3.05, 3.63) is 223 Å². The van der Waals surface area contributed by atoms with Crippen molar-refractivity contribution in [1.29, 1.82) is 0 Å². The van der Waals surface area contributed by atoms with Crippen molar-refractivity contribution in [3.63, 3.8) is 0 Å². The average Bonchev–Trinajstić information content (AvgIpc) is 3.50. The number of benzene rings is 9. The van der Waals surface area contributed by atoms with Gasteiger partial charge in [0.1, 0.15) is 0 Å². The molecule has 0 aliphatic heterocycles. The molecule has 0 spiro atoms. The number of para-hydroxylation sites is 1. The third kappa shape index (κ3) is 5.63. The zero-order valence-corrected chi connectivity index (χ0v) is 31.7. The number of nitrogens with zero attached hydrogens (tertiary/aromatic N) is 1. The van der Waals surface area contributed by atoms with E-state index >= 15 is 0 Å². The molecule has 0 aromatic heterocycles. The zero-order valence-electron chi connectivity index (χ0n) is 31.7. The lowest BCUT2D eigenvalue weighted by molar-refractivity contribution is 0.661. The fraction of sp³-hybridized carbons (Fsp3) is 0.0545. The van der Waals surface area contributed by atoms with E-state index in [1.165, 1.54) is 77.5 Å². The molecule has 0 unspecified atom stereocenters. The standard InChI is InChI=1S/C55H41N/c1-55(2)51-30-16-27-45(39-20-9-4-10-21-39)54(51)50-36-48(40-22-11-5-12-23-40)49(37-52(50)55)41-32-34-43(35-33-41)56(42-24-13-6-14-25-42)53-31-17-28-46-44(26-15-29-47(46)53)38-18-7-3-8-19-38/h3-37H,1-2H3. The van der Waals surface area contributed by atoms with Crippen molar-refractivity contribution in [3.8, 4) is 55.6 Å². The molecule has 0 atom stereocenters. The van der Waals surface area contributed by atoms with Gasteiger partial charge in [-0.05, 0) is 115 Å². The summed E-state index contributed by atoms with van der Waals surface area (Å²) >= 11 is 0. The smallest absolute Gasteiger partial charge is 0.0540 e. The van der Waals surface area contributed by atoms with Crippen LogP contribution in [0.15, 0.2) is 212 Å². The topological polar surface area (TPSA) is 3.24 Å². The van der Waals surface area contributed by atoms with E-state index in [2.05, 4.69) is 231 Å². The maximum atomic E-state index is 2.48. The van der Waals surface area contributed by atoms with Crippen molar-refractivity contribution in [2.75, 3.05) is 4.90 Å². The van der Waals surface area contributed by atoms with E-state index in [4.69, 9.17) is 0 Å². The van der Waals surface area contributed by atoms with Gasteiger partial charge in [-0.2, -0.15) is 0 Å².